The summed E-state index contributed by atoms with van der Waals surface area (Å²) in [5.74, 6) is 0.786. The lowest BCUT2D eigenvalue weighted by molar-refractivity contribution is -0.385. The predicted molar refractivity (Wildman–Crippen MR) is 65.9 cm³/mol. The van der Waals surface area contributed by atoms with E-state index >= 15 is 0 Å². The molecule has 1 N–H and O–H groups in total. The van der Waals surface area contributed by atoms with Gasteiger partial charge in [-0.05, 0) is 26.2 Å². The van der Waals surface area contributed by atoms with Crippen molar-refractivity contribution in [3.63, 3.8) is 0 Å². The van der Waals surface area contributed by atoms with E-state index < -0.39 is 4.92 Å². The number of hydrogen-bond acceptors (Lipinski definition) is 6. The molecule has 1 fully saturated rings. The van der Waals surface area contributed by atoms with Gasteiger partial charge in [0.1, 0.15) is 5.82 Å². The first-order valence-electron chi connectivity index (χ1n) is 6.04. The minimum Gasteiger partial charge on any atom is -0.473 e. The minimum atomic E-state index is -0.491. The van der Waals surface area contributed by atoms with Crippen LogP contribution in [0.5, 0.6) is 5.88 Å². The third kappa shape index (κ3) is 2.85. The Morgan fingerprint density at radius 3 is 2.78 bits per heavy atom. The number of aryl methyl sites for hydroxylation is 1. The molecule has 0 radical (unpaired) electrons. The average Bonchev–Trinajstić information content (AvgIpc) is 3.09. The third-order valence-corrected chi connectivity index (χ3v) is 2.51. The highest BCUT2D eigenvalue weighted by Crippen LogP contribution is 2.35. The molecule has 7 heteroatoms. The van der Waals surface area contributed by atoms with Gasteiger partial charge in [0.25, 0.3) is 5.88 Å². The van der Waals surface area contributed by atoms with Crippen molar-refractivity contribution < 1.29 is 9.66 Å². The van der Waals surface area contributed by atoms with Gasteiger partial charge in [0.05, 0.1) is 11.5 Å². The Kier molecular flexibility index (Phi) is 3.59. The molecule has 0 unspecified atom stereocenters. The van der Waals surface area contributed by atoms with Crippen molar-refractivity contribution in [1.82, 2.24) is 9.97 Å². The van der Waals surface area contributed by atoms with Crippen LogP contribution in [0.2, 0.25) is 0 Å². The molecule has 1 aromatic rings. The van der Waals surface area contributed by atoms with Gasteiger partial charge in [-0.1, -0.05) is 6.92 Å². The number of nitrogens with zero attached hydrogens (tertiary/aromatic N) is 3. The molecular weight excluding hydrogens is 236 g/mol. The van der Waals surface area contributed by atoms with Crippen molar-refractivity contribution in [3.05, 3.63) is 15.9 Å². The number of nitrogens with one attached hydrogen (secondary N) is 1. The summed E-state index contributed by atoms with van der Waals surface area (Å²) in [6, 6.07) is 0.289. The van der Waals surface area contributed by atoms with Gasteiger partial charge in [0.2, 0.25) is 5.82 Å². The van der Waals surface area contributed by atoms with Gasteiger partial charge in [0, 0.05) is 6.04 Å². The fourth-order valence-corrected chi connectivity index (χ4v) is 1.53. The number of ether oxygens (including phenoxy) is 1. The fourth-order valence-electron chi connectivity index (χ4n) is 1.53. The van der Waals surface area contributed by atoms with E-state index in [0.29, 0.717) is 12.4 Å². The topological polar surface area (TPSA) is 90.2 Å². The van der Waals surface area contributed by atoms with Crippen LogP contribution in [-0.4, -0.2) is 27.5 Å². The second kappa shape index (κ2) is 5.16. The van der Waals surface area contributed by atoms with Crippen molar-refractivity contribution in [2.24, 2.45) is 0 Å². The third-order valence-electron chi connectivity index (χ3n) is 2.51. The van der Waals surface area contributed by atoms with Gasteiger partial charge in [-0.25, -0.2) is 4.98 Å². The second-order valence-electron chi connectivity index (χ2n) is 4.30. The first-order valence-corrected chi connectivity index (χ1v) is 6.04. The van der Waals surface area contributed by atoms with Crippen LogP contribution < -0.4 is 10.1 Å². The van der Waals surface area contributed by atoms with E-state index in [2.05, 4.69) is 15.3 Å². The molecule has 2 rings (SSSR count). The average molecular weight is 252 g/mol. The van der Waals surface area contributed by atoms with E-state index in [1.807, 2.05) is 6.92 Å². The SMILES string of the molecule is CCCOc1nc(C)nc(NC2CC2)c1[N+](=O)[O-]. The Bertz CT molecular complexity index is 460. The summed E-state index contributed by atoms with van der Waals surface area (Å²) < 4.78 is 5.34. The Balaban J connectivity index is 2.35. The van der Waals surface area contributed by atoms with Gasteiger partial charge in [-0.2, -0.15) is 4.98 Å². The molecule has 1 saturated carbocycles. The molecule has 18 heavy (non-hydrogen) atoms. The zero-order valence-electron chi connectivity index (χ0n) is 10.5. The second-order valence-corrected chi connectivity index (χ2v) is 4.30. The molecule has 0 aliphatic heterocycles. The highest BCUT2D eigenvalue weighted by atomic mass is 16.6. The highest BCUT2D eigenvalue weighted by molar-refractivity contribution is 5.62. The van der Waals surface area contributed by atoms with Crippen molar-refractivity contribution in [1.29, 1.82) is 0 Å². The highest BCUT2D eigenvalue weighted by Gasteiger charge is 2.30. The monoisotopic (exact) mass is 252 g/mol. The molecule has 0 aromatic carbocycles. The lowest BCUT2D eigenvalue weighted by Gasteiger charge is -2.09. The van der Waals surface area contributed by atoms with Crippen LogP contribution in [0.15, 0.2) is 0 Å². The predicted octanol–water partition coefficient (Wildman–Crippen LogP) is 2.06. The van der Waals surface area contributed by atoms with Gasteiger partial charge >= 0.3 is 5.69 Å². The van der Waals surface area contributed by atoms with Gasteiger partial charge in [-0.15, -0.1) is 0 Å². The molecule has 1 heterocycles. The lowest BCUT2D eigenvalue weighted by Crippen LogP contribution is -2.11. The summed E-state index contributed by atoms with van der Waals surface area (Å²) >= 11 is 0. The summed E-state index contributed by atoms with van der Waals surface area (Å²) in [6.45, 7) is 4.03. The molecular formula is C11H16N4O3. The van der Waals surface area contributed by atoms with Crippen LogP contribution in [-0.2, 0) is 0 Å². The zero-order chi connectivity index (χ0) is 13.1. The maximum atomic E-state index is 11.1. The number of aromatic nitrogens is 2. The molecule has 7 nitrogen and oxygen atoms in total. The maximum Gasteiger partial charge on any atom is 0.372 e. The van der Waals surface area contributed by atoms with Crippen molar-refractivity contribution >= 4 is 11.5 Å². The summed E-state index contributed by atoms with van der Waals surface area (Å²) in [7, 11) is 0. The molecule has 98 valence electrons. The number of hydrogen-bond donors (Lipinski definition) is 1. The van der Waals surface area contributed by atoms with E-state index in [0.717, 1.165) is 19.3 Å². The summed E-state index contributed by atoms with van der Waals surface area (Å²) in [5, 5.41) is 14.2. The Morgan fingerprint density at radius 1 is 1.50 bits per heavy atom. The minimum absolute atomic E-state index is 0.0532. The van der Waals surface area contributed by atoms with Crippen LogP contribution >= 0.6 is 0 Å². The van der Waals surface area contributed by atoms with Crippen LogP contribution in [0.1, 0.15) is 32.0 Å². The normalized spacial score (nSPS) is 14.3. The molecule has 0 saturated heterocycles. The van der Waals surface area contributed by atoms with Crippen LogP contribution in [0.3, 0.4) is 0 Å². The standard InChI is InChI=1S/C11H16N4O3/c1-3-6-18-11-9(15(16)17)10(12-7(2)13-11)14-8-4-5-8/h8H,3-6H2,1-2H3,(H,12,13,14). The molecule has 0 amide bonds. The quantitative estimate of drug-likeness (QED) is 0.615. The zero-order valence-corrected chi connectivity index (χ0v) is 10.5. The fraction of sp³-hybridized carbons (Fsp3) is 0.636. The maximum absolute atomic E-state index is 11.1. The van der Waals surface area contributed by atoms with Crippen LogP contribution in [0.4, 0.5) is 11.5 Å². The van der Waals surface area contributed by atoms with Gasteiger partial charge in [-0.3, -0.25) is 10.1 Å². The van der Waals surface area contributed by atoms with E-state index in [1.165, 1.54) is 0 Å². The Hall–Kier alpha value is -1.92. The van der Waals surface area contributed by atoms with Crippen molar-refractivity contribution in [2.45, 2.75) is 39.2 Å². The number of nitro groups is 1. The largest absolute Gasteiger partial charge is 0.473 e. The first kappa shape index (κ1) is 12.5. The Labute approximate surface area is 105 Å². The van der Waals surface area contributed by atoms with E-state index in [9.17, 15) is 10.1 Å². The lowest BCUT2D eigenvalue weighted by atomic mass is 10.4. The number of rotatable bonds is 6. The molecule has 1 aromatic heterocycles. The van der Waals surface area contributed by atoms with E-state index in [-0.39, 0.29) is 23.4 Å². The van der Waals surface area contributed by atoms with Crippen molar-refractivity contribution in [2.75, 3.05) is 11.9 Å². The van der Waals surface area contributed by atoms with Gasteiger partial charge < -0.3 is 10.1 Å². The number of anilines is 1. The Morgan fingerprint density at radius 2 is 2.22 bits per heavy atom. The van der Waals surface area contributed by atoms with Crippen LogP contribution in [0.25, 0.3) is 0 Å². The van der Waals surface area contributed by atoms with Crippen LogP contribution in [0, 0.1) is 17.0 Å². The first-order chi connectivity index (χ1) is 8.61. The molecule has 1 aliphatic carbocycles. The molecule has 0 bridgehead atoms. The summed E-state index contributed by atoms with van der Waals surface area (Å²) in [6.07, 6.45) is 2.81. The van der Waals surface area contributed by atoms with E-state index in [4.69, 9.17) is 4.74 Å². The van der Waals surface area contributed by atoms with Gasteiger partial charge in [0.15, 0.2) is 0 Å². The smallest absolute Gasteiger partial charge is 0.372 e. The molecule has 1 aliphatic rings. The summed E-state index contributed by atoms with van der Waals surface area (Å²) in [4.78, 5) is 18.7. The summed E-state index contributed by atoms with van der Waals surface area (Å²) in [5.41, 5.74) is -0.166. The molecule has 0 atom stereocenters. The molecule has 0 spiro atoms. The van der Waals surface area contributed by atoms with Crippen molar-refractivity contribution in [3.8, 4) is 5.88 Å². The van der Waals surface area contributed by atoms with E-state index in [1.54, 1.807) is 6.92 Å².